The average Bonchev–Trinajstić information content (AvgIpc) is 2.67. The quantitative estimate of drug-likeness (QED) is 0.808. The zero-order chi connectivity index (χ0) is 12.0. The van der Waals surface area contributed by atoms with Crippen LogP contribution < -0.4 is 5.73 Å². The SMILES string of the molecule is COC1CCc2sc3c(Cl)nc(N)nc3c2C1. The van der Waals surface area contributed by atoms with Crippen LogP contribution in [0.4, 0.5) is 5.95 Å². The number of fused-ring (bicyclic) bond motifs is 3. The van der Waals surface area contributed by atoms with E-state index >= 15 is 0 Å². The Bertz CT molecular complexity index is 584. The van der Waals surface area contributed by atoms with Crippen molar-refractivity contribution in [3.05, 3.63) is 15.6 Å². The summed E-state index contributed by atoms with van der Waals surface area (Å²) in [5.41, 5.74) is 7.79. The van der Waals surface area contributed by atoms with Crippen LogP contribution in [-0.2, 0) is 17.6 Å². The van der Waals surface area contributed by atoms with Crippen LogP contribution in [0.3, 0.4) is 0 Å². The first-order valence-corrected chi connectivity index (χ1v) is 6.64. The van der Waals surface area contributed by atoms with Crippen LogP contribution in [0.2, 0.25) is 5.15 Å². The van der Waals surface area contributed by atoms with Gasteiger partial charge in [-0.1, -0.05) is 11.6 Å². The van der Waals surface area contributed by atoms with Crippen LogP contribution in [0.5, 0.6) is 0 Å². The van der Waals surface area contributed by atoms with E-state index < -0.39 is 0 Å². The fraction of sp³-hybridized carbons (Fsp3) is 0.455. The molecule has 2 aromatic rings. The van der Waals surface area contributed by atoms with E-state index in [0.29, 0.717) is 5.15 Å². The summed E-state index contributed by atoms with van der Waals surface area (Å²) in [6.45, 7) is 0. The summed E-state index contributed by atoms with van der Waals surface area (Å²) in [4.78, 5) is 9.65. The number of hydrogen-bond donors (Lipinski definition) is 1. The maximum atomic E-state index is 6.10. The third-order valence-electron chi connectivity index (χ3n) is 3.15. The van der Waals surface area contributed by atoms with E-state index in [9.17, 15) is 0 Å². The molecule has 0 aliphatic heterocycles. The second kappa shape index (κ2) is 4.08. The van der Waals surface area contributed by atoms with E-state index in [-0.39, 0.29) is 12.1 Å². The summed E-state index contributed by atoms with van der Waals surface area (Å²) in [5.74, 6) is 0.239. The highest BCUT2D eigenvalue weighted by Gasteiger charge is 2.24. The number of hydrogen-bond acceptors (Lipinski definition) is 5. The standard InChI is InChI=1S/C11H12ClN3OS/c1-16-5-2-3-7-6(4-5)8-9(17-7)10(12)15-11(13)14-8/h5H,2-4H2,1H3,(H2,13,14,15). The fourth-order valence-corrected chi connectivity index (χ4v) is 3.74. The molecule has 2 aromatic heterocycles. The topological polar surface area (TPSA) is 61.0 Å². The predicted octanol–water partition coefficient (Wildman–Crippen LogP) is 2.43. The molecule has 0 amide bonds. The van der Waals surface area contributed by atoms with E-state index in [2.05, 4.69) is 9.97 Å². The number of rotatable bonds is 1. The Kier molecular flexibility index (Phi) is 2.69. The number of methoxy groups -OCH3 is 1. The first kappa shape index (κ1) is 11.2. The van der Waals surface area contributed by atoms with Gasteiger partial charge in [0.2, 0.25) is 5.95 Å². The normalized spacial score (nSPS) is 19.5. The smallest absolute Gasteiger partial charge is 0.222 e. The van der Waals surface area contributed by atoms with Crippen molar-refractivity contribution < 1.29 is 4.74 Å². The molecule has 0 saturated carbocycles. The number of nitrogen functional groups attached to an aromatic ring is 1. The third-order valence-corrected chi connectivity index (χ3v) is 4.82. The molecule has 2 N–H and O–H groups in total. The van der Waals surface area contributed by atoms with Gasteiger partial charge in [-0.05, 0) is 18.4 Å². The number of nitrogens with two attached hydrogens (primary N) is 1. The van der Waals surface area contributed by atoms with Crippen molar-refractivity contribution in [2.75, 3.05) is 12.8 Å². The zero-order valence-electron chi connectivity index (χ0n) is 9.36. The summed E-state index contributed by atoms with van der Waals surface area (Å²) in [6, 6.07) is 0. The van der Waals surface area contributed by atoms with Gasteiger partial charge in [-0.2, -0.15) is 4.98 Å². The Balaban J connectivity index is 2.20. The van der Waals surface area contributed by atoms with Gasteiger partial charge in [-0.15, -0.1) is 11.3 Å². The molecule has 1 aliphatic carbocycles. The molecule has 90 valence electrons. The largest absolute Gasteiger partial charge is 0.381 e. The first-order chi connectivity index (χ1) is 8.19. The number of halogens is 1. The molecule has 0 saturated heterocycles. The van der Waals surface area contributed by atoms with Crippen LogP contribution in [0.1, 0.15) is 16.9 Å². The molecule has 2 heterocycles. The fourth-order valence-electron chi connectivity index (χ4n) is 2.29. The Hall–Kier alpha value is -0.910. The van der Waals surface area contributed by atoms with Gasteiger partial charge in [0.15, 0.2) is 5.15 Å². The minimum Gasteiger partial charge on any atom is -0.381 e. The van der Waals surface area contributed by atoms with Crippen molar-refractivity contribution in [1.29, 1.82) is 0 Å². The lowest BCUT2D eigenvalue weighted by Crippen LogP contribution is -2.19. The molecule has 0 fully saturated rings. The predicted molar refractivity (Wildman–Crippen MR) is 69.7 cm³/mol. The molecular formula is C11H12ClN3OS. The lowest BCUT2D eigenvalue weighted by Gasteiger charge is -2.20. The molecular weight excluding hydrogens is 258 g/mol. The monoisotopic (exact) mass is 269 g/mol. The van der Waals surface area contributed by atoms with Gasteiger partial charge in [0, 0.05) is 18.4 Å². The van der Waals surface area contributed by atoms with Gasteiger partial charge in [0.1, 0.15) is 0 Å². The Morgan fingerprint density at radius 2 is 2.29 bits per heavy atom. The van der Waals surface area contributed by atoms with Crippen molar-refractivity contribution in [1.82, 2.24) is 9.97 Å². The van der Waals surface area contributed by atoms with Gasteiger partial charge in [-0.25, -0.2) is 4.98 Å². The van der Waals surface area contributed by atoms with E-state index in [0.717, 1.165) is 29.5 Å². The van der Waals surface area contributed by atoms with Crippen LogP contribution in [0.25, 0.3) is 10.2 Å². The number of anilines is 1. The average molecular weight is 270 g/mol. The van der Waals surface area contributed by atoms with Gasteiger partial charge in [0.25, 0.3) is 0 Å². The van der Waals surface area contributed by atoms with E-state index in [1.165, 1.54) is 10.4 Å². The van der Waals surface area contributed by atoms with Crippen LogP contribution >= 0.6 is 22.9 Å². The van der Waals surface area contributed by atoms with Crippen molar-refractivity contribution >= 4 is 39.1 Å². The number of nitrogens with zero attached hydrogens (tertiary/aromatic N) is 2. The van der Waals surface area contributed by atoms with Crippen LogP contribution in [0.15, 0.2) is 0 Å². The Morgan fingerprint density at radius 3 is 3.06 bits per heavy atom. The minimum atomic E-state index is 0.239. The second-order valence-electron chi connectivity index (χ2n) is 4.15. The van der Waals surface area contributed by atoms with Gasteiger partial charge in [0.05, 0.1) is 16.3 Å². The molecule has 3 rings (SSSR count). The summed E-state index contributed by atoms with van der Waals surface area (Å²) < 4.78 is 6.37. The number of aryl methyl sites for hydroxylation is 1. The molecule has 1 aliphatic rings. The maximum absolute atomic E-state index is 6.10. The van der Waals surface area contributed by atoms with Crippen molar-refractivity contribution in [2.45, 2.75) is 25.4 Å². The highest BCUT2D eigenvalue weighted by atomic mass is 35.5. The van der Waals surface area contributed by atoms with E-state index in [1.807, 2.05) is 0 Å². The zero-order valence-corrected chi connectivity index (χ0v) is 10.9. The molecule has 0 radical (unpaired) electrons. The summed E-state index contributed by atoms with van der Waals surface area (Å²) >= 11 is 7.78. The highest BCUT2D eigenvalue weighted by Crippen LogP contribution is 2.38. The van der Waals surface area contributed by atoms with Crippen molar-refractivity contribution in [3.8, 4) is 0 Å². The minimum absolute atomic E-state index is 0.239. The molecule has 6 heteroatoms. The molecule has 17 heavy (non-hydrogen) atoms. The third kappa shape index (κ3) is 1.78. The van der Waals surface area contributed by atoms with Gasteiger partial charge in [-0.3, -0.25) is 0 Å². The maximum Gasteiger partial charge on any atom is 0.222 e. The Labute approximate surface area is 108 Å². The van der Waals surface area contributed by atoms with Crippen molar-refractivity contribution in [3.63, 3.8) is 0 Å². The lowest BCUT2D eigenvalue weighted by molar-refractivity contribution is 0.0919. The van der Waals surface area contributed by atoms with Crippen LogP contribution in [0, 0.1) is 0 Å². The highest BCUT2D eigenvalue weighted by molar-refractivity contribution is 7.19. The van der Waals surface area contributed by atoms with E-state index in [4.69, 9.17) is 22.1 Å². The molecule has 0 aromatic carbocycles. The molecule has 0 bridgehead atoms. The first-order valence-electron chi connectivity index (χ1n) is 5.45. The second-order valence-corrected chi connectivity index (χ2v) is 5.62. The number of ether oxygens (including phenoxy) is 1. The van der Waals surface area contributed by atoms with Gasteiger partial charge < -0.3 is 10.5 Å². The molecule has 0 spiro atoms. The summed E-state index contributed by atoms with van der Waals surface area (Å²) in [5, 5.41) is 0.459. The van der Waals surface area contributed by atoms with E-state index in [1.54, 1.807) is 18.4 Å². The Morgan fingerprint density at radius 1 is 1.47 bits per heavy atom. The lowest BCUT2D eigenvalue weighted by atomic mass is 9.95. The summed E-state index contributed by atoms with van der Waals surface area (Å²) in [6.07, 6.45) is 3.23. The number of aromatic nitrogens is 2. The van der Waals surface area contributed by atoms with Crippen molar-refractivity contribution in [2.24, 2.45) is 0 Å². The molecule has 1 unspecified atom stereocenters. The molecule has 4 nitrogen and oxygen atoms in total. The summed E-state index contributed by atoms with van der Waals surface area (Å²) in [7, 11) is 1.75. The molecule has 1 atom stereocenters. The van der Waals surface area contributed by atoms with Gasteiger partial charge >= 0.3 is 0 Å². The van der Waals surface area contributed by atoms with Crippen LogP contribution in [-0.4, -0.2) is 23.2 Å². The number of thiophene rings is 1.